The van der Waals surface area contributed by atoms with Crippen molar-refractivity contribution in [1.29, 1.82) is 0 Å². The van der Waals surface area contributed by atoms with Crippen molar-refractivity contribution in [3.8, 4) is 0 Å². The molecule has 0 spiro atoms. The molecule has 0 heterocycles. The number of carbonyl (C=O) groups is 6. The van der Waals surface area contributed by atoms with Gasteiger partial charge in [-0.15, -0.1) is 0 Å². The molecule has 4 atom stereocenters. The molecule has 170 valence electrons. The van der Waals surface area contributed by atoms with Gasteiger partial charge in [0.25, 0.3) is 0 Å². The Bertz CT molecular complexity index is 676. The third-order valence-corrected chi connectivity index (χ3v) is 4.07. The summed E-state index contributed by atoms with van der Waals surface area (Å²) in [7, 11) is 0. The van der Waals surface area contributed by atoms with Crippen LogP contribution in [0.1, 0.15) is 19.3 Å². The smallest absolute Gasteiger partial charge is 0.328 e. The minimum Gasteiger partial charge on any atom is -0.480 e. The second-order valence-corrected chi connectivity index (χ2v) is 6.53. The molecule has 15 heteroatoms. The van der Waals surface area contributed by atoms with Gasteiger partial charge < -0.3 is 43.4 Å². The molecule has 0 saturated heterocycles. The van der Waals surface area contributed by atoms with E-state index in [1.807, 2.05) is 5.32 Å². The molecule has 4 unspecified atom stereocenters. The second-order valence-electron chi connectivity index (χ2n) is 6.17. The Labute approximate surface area is 176 Å². The van der Waals surface area contributed by atoms with Gasteiger partial charge in [0.1, 0.15) is 18.1 Å². The fourth-order valence-corrected chi connectivity index (χ4v) is 2.22. The number of hydrogen-bond acceptors (Lipinski definition) is 9. The summed E-state index contributed by atoms with van der Waals surface area (Å²) in [4.78, 5) is 70.0. The molecule has 0 rings (SSSR count). The number of rotatable bonds is 14. The maximum atomic E-state index is 12.5. The van der Waals surface area contributed by atoms with Crippen molar-refractivity contribution >= 4 is 48.1 Å². The van der Waals surface area contributed by atoms with Crippen molar-refractivity contribution in [2.24, 2.45) is 17.2 Å². The van der Waals surface area contributed by atoms with Crippen LogP contribution in [0.25, 0.3) is 0 Å². The van der Waals surface area contributed by atoms with E-state index >= 15 is 0 Å². The molecule has 30 heavy (non-hydrogen) atoms. The number of carboxylic acid groups (broad SMARTS) is 1. The Morgan fingerprint density at radius 1 is 0.833 bits per heavy atom. The average Bonchev–Trinajstić information content (AvgIpc) is 2.66. The first-order chi connectivity index (χ1) is 13.9. The summed E-state index contributed by atoms with van der Waals surface area (Å²) >= 11 is 3.84. The molecule has 0 fully saturated rings. The van der Waals surface area contributed by atoms with Crippen molar-refractivity contribution in [2.75, 3.05) is 12.4 Å². The summed E-state index contributed by atoms with van der Waals surface area (Å²) in [5.74, 6) is -6.21. The maximum absolute atomic E-state index is 12.5. The van der Waals surface area contributed by atoms with Crippen LogP contribution < -0.4 is 33.2 Å². The third-order valence-electron chi connectivity index (χ3n) is 3.68. The summed E-state index contributed by atoms with van der Waals surface area (Å²) in [6, 6.07) is -5.73. The number of nitrogens with two attached hydrogens (primary N) is 3. The van der Waals surface area contributed by atoms with Crippen LogP contribution in [-0.2, 0) is 28.8 Å². The first-order valence-electron chi connectivity index (χ1n) is 8.60. The molecule has 0 bridgehead atoms. The van der Waals surface area contributed by atoms with Crippen LogP contribution in [0.3, 0.4) is 0 Å². The predicted octanol–water partition coefficient (Wildman–Crippen LogP) is -5.08. The number of thiol groups is 1. The van der Waals surface area contributed by atoms with E-state index in [0.29, 0.717) is 0 Å². The van der Waals surface area contributed by atoms with E-state index in [1.54, 1.807) is 0 Å². The van der Waals surface area contributed by atoms with E-state index < -0.39 is 72.7 Å². The molecule has 0 aromatic heterocycles. The molecule has 0 radical (unpaired) electrons. The van der Waals surface area contributed by atoms with Crippen molar-refractivity contribution in [1.82, 2.24) is 16.0 Å². The summed E-state index contributed by atoms with van der Waals surface area (Å²) < 4.78 is 0. The number of hydrogen-bond donors (Lipinski definition) is 9. The summed E-state index contributed by atoms with van der Waals surface area (Å²) in [6.45, 7) is -0.931. The Kier molecular flexibility index (Phi) is 12.0. The third kappa shape index (κ3) is 10.0. The molecule has 11 N–H and O–H groups in total. The molecular formula is C15H26N6O8S. The highest BCUT2D eigenvalue weighted by molar-refractivity contribution is 7.80. The molecule has 0 saturated carbocycles. The van der Waals surface area contributed by atoms with Gasteiger partial charge in [-0.1, -0.05) is 0 Å². The molecule has 0 aliphatic heterocycles. The lowest BCUT2D eigenvalue weighted by atomic mass is 10.1. The van der Waals surface area contributed by atoms with Gasteiger partial charge in [0.05, 0.1) is 19.1 Å². The van der Waals surface area contributed by atoms with Crippen LogP contribution in [0.15, 0.2) is 0 Å². The van der Waals surface area contributed by atoms with Gasteiger partial charge in [-0.05, 0) is 6.42 Å². The SMILES string of the molecule is NC(=O)CCC(NC(=O)C(CC(N)=O)NC(=O)C(N)CS)C(=O)NC(CO)C(=O)O. The maximum Gasteiger partial charge on any atom is 0.328 e. The van der Waals surface area contributed by atoms with Crippen LogP contribution in [0.4, 0.5) is 0 Å². The molecular weight excluding hydrogens is 424 g/mol. The lowest BCUT2D eigenvalue weighted by molar-refractivity contribution is -0.143. The van der Waals surface area contributed by atoms with Gasteiger partial charge in [-0.25, -0.2) is 4.79 Å². The standard InChI is InChI=1S/C15H26N6O8S/c16-6(5-30)12(25)20-8(3-11(18)24)14(27)19-7(1-2-10(17)23)13(26)21-9(4-22)15(28)29/h6-9,22,30H,1-5,16H2,(H2,17,23)(H2,18,24)(H,19,27)(H,20,25)(H,21,26)(H,28,29). The van der Waals surface area contributed by atoms with Crippen LogP contribution in [-0.4, -0.2) is 82.2 Å². The fourth-order valence-electron chi connectivity index (χ4n) is 2.06. The lowest BCUT2D eigenvalue weighted by Gasteiger charge is -2.24. The van der Waals surface area contributed by atoms with Crippen molar-refractivity contribution < 1.29 is 39.0 Å². The number of amides is 5. The van der Waals surface area contributed by atoms with E-state index in [0.717, 1.165) is 0 Å². The Morgan fingerprint density at radius 3 is 1.77 bits per heavy atom. The average molecular weight is 450 g/mol. The lowest BCUT2D eigenvalue weighted by Crippen LogP contribution is -2.58. The number of aliphatic hydroxyl groups excluding tert-OH is 1. The summed E-state index contributed by atoms with van der Waals surface area (Å²) in [6.07, 6.45) is -1.31. The largest absolute Gasteiger partial charge is 0.480 e. The van der Waals surface area contributed by atoms with E-state index in [4.69, 9.17) is 27.4 Å². The number of carboxylic acids is 1. The molecule has 5 amide bonds. The number of aliphatic hydroxyl groups is 1. The van der Waals surface area contributed by atoms with Crippen LogP contribution in [0.5, 0.6) is 0 Å². The first kappa shape index (κ1) is 27.1. The number of carbonyl (C=O) groups excluding carboxylic acids is 5. The minimum absolute atomic E-state index is 0.0574. The fraction of sp³-hybridized carbons (Fsp3) is 0.600. The highest BCUT2D eigenvalue weighted by Crippen LogP contribution is 2.02. The Hall–Kier alpha value is -2.91. The van der Waals surface area contributed by atoms with Crippen molar-refractivity contribution in [2.45, 2.75) is 43.4 Å². The highest BCUT2D eigenvalue weighted by atomic mass is 32.1. The van der Waals surface area contributed by atoms with Crippen molar-refractivity contribution in [3.05, 3.63) is 0 Å². The zero-order chi connectivity index (χ0) is 23.4. The zero-order valence-corrected chi connectivity index (χ0v) is 16.8. The number of primary amides is 2. The van der Waals surface area contributed by atoms with Crippen LogP contribution in [0, 0.1) is 0 Å². The quantitative estimate of drug-likeness (QED) is 0.114. The van der Waals surface area contributed by atoms with E-state index in [1.165, 1.54) is 0 Å². The topological polar surface area (TPSA) is 257 Å². The van der Waals surface area contributed by atoms with Gasteiger partial charge in [-0.3, -0.25) is 24.0 Å². The highest BCUT2D eigenvalue weighted by Gasteiger charge is 2.31. The zero-order valence-electron chi connectivity index (χ0n) is 15.9. The molecule has 0 aromatic rings. The summed E-state index contributed by atoms with van der Waals surface area (Å²) in [5.41, 5.74) is 15.6. The number of nitrogens with one attached hydrogen (secondary N) is 3. The van der Waals surface area contributed by atoms with Crippen molar-refractivity contribution in [3.63, 3.8) is 0 Å². The monoisotopic (exact) mass is 450 g/mol. The van der Waals surface area contributed by atoms with Crippen LogP contribution in [0.2, 0.25) is 0 Å². The van der Waals surface area contributed by atoms with E-state index in [-0.39, 0.29) is 18.6 Å². The molecule has 0 aromatic carbocycles. The minimum atomic E-state index is -1.67. The predicted molar refractivity (Wildman–Crippen MR) is 105 cm³/mol. The Balaban J connectivity index is 5.45. The first-order valence-corrected chi connectivity index (χ1v) is 9.23. The molecule has 0 aliphatic carbocycles. The van der Waals surface area contributed by atoms with Gasteiger partial charge in [0, 0.05) is 12.2 Å². The van der Waals surface area contributed by atoms with E-state index in [2.05, 4.69) is 23.3 Å². The van der Waals surface area contributed by atoms with Gasteiger partial charge >= 0.3 is 5.97 Å². The van der Waals surface area contributed by atoms with E-state index in [9.17, 15) is 28.8 Å². The van der Waals surface area contributed by atoms with Gasteiger partial charge in [-0.2, -0.15) is 12.6 Å². The normalized spacial score (nSPS) is 14.5. The number of aliphatic carboxylic acids is 1. The van der Waals surface area contributed by atoms with Crippen LogP contribution >= 0.6 is 12.6 Å². The van der Waals surface area contributed by atoms with Gasteiger partial charge in [0.2, 0.25) is 29.5 Å². The summed E-state index contributed by atoms with van der Waals surface area (Å²) in [5, 5.41) is 24.3. The Morgan fingerprint density at radius 2 is 1.33 bits per heavy atom. The second kappa shape index (κ2) is 13.3. The molecule has 0 aliphatic rings. The molecule has 14 nitrogen and oxygen atoms in total. The van der Waals surface area contributed by atoms with Gasteiger partial charge in [0.15, 0.2) is 0 Å².